The highest BCUT2D eigenvalue weighted by Gasteiger charge is 2.15. The Balaban J connectivity index is 2.29. The topological polar surface area (TPSA) is 79.9 Å². The molecular weight excluding hydrogens is 340 g/mol. The molecule has 0 atom stereocenters. The van der Waals surface area contributed by atoms with E-state index in [9.17, 15) is 10.1 Å². The quantitative estimate of drug-likeness (QED) is 0.591. The number of aromatic nitrogens is 2. The molecule has 142 valence electrons. The average Bonchev–Trinajstić information content (AvgIpc) is 2.88. The Hall–Kier alpha value is -3.07. The predicted molar refractivity (Wildman–Crippen MR) is 106 cm³/mol. The summed E-state index contributed by atoms with van der Waals surface area (Å²) >= 11 is 0. The van der Waals surface area contributed by atoms with Gasteiger partial charge in [0.05, 0.1) is 6.61 Å². The fourth-order valence-electron chi connectivity index (χ4n) is 2.85. The number of pyridine rings is 1. The number of nitrogens with one attached hydrogen (secondary N) is 1. The second-order valence-electron chi connectivity index (χ2n) is 6.74. The number of hydrogen-bond acceptors (Lipinski definition) is 4. The third-order valence-electron chi connectivity index (χ3n) is 4.13. The van der Waals surface area contributed by atoms with Gasteiger partial charge in [-0.15, -0.1) is 0 Å². The van der Waals surface area contributed by atoms with Gasteiger partial charge in [0.1, 0.15) is 17.3 Å². The van der Waals surface area contributed by atoms with Crippen molar-refractivity contribution in [2.24, 2.45) is 5.92 Å². The van der Waals surface area contributed by atoms with Crippen molar-refractivity contribution in [2.45, 2.75) is 41.2 Å². The van der Waals surface area contributed by atoms with Gasteiger partial charge in [-0.1, -0.05) is 13.8 Å². The minimum Gasteiger partial charge on any atom is -0.476 e. The number of rotatable bonds is 7. The van der Waals surface area contributed by atoms with Gasteiger partial charge in [-0.2, -0.15) is 5.26 Å². The lowest BCUT2D eigenvalue weighted by Crippen LogP contribution is -2.15. The van der Waals surface area contributed by atoms with Crippen LogP contribution in [0, 0.1) is 31.1 Å². The van der Waals surface area contributed by atoms with E-state index in [0.717, 1.165) is 23.5 Å². The smallest absolute Gasteiger partial charge is 0.266 e. The second-order valence-corrected chi connectivity index (χ2v) is 6.74. The number of carbonyl (C=O) groups is 1. The monoisotopic (exact) mass is 366 g/mol. The minimum absolute atomic E-state index is 0.0334. The number of aryl methyl sites for hydroxylation is 1. The van der Waals surface area contributed by atoms with Crippen LogP contribution in [0.2, 0.25) is 0 Å². The van der Waals surface area contributed by atoms with Gasteiger partial charge in [-0.05, 0) is 56.5 Å². The molecule has 0 radical (unpaired) electrons. The number of anilines is 1. The van der Waals surface area contributed by atoms with Crippen molar-refractivity contribution in [2.75, 3.05) is 11.9 Å². The summed E-state index contributed by atoms with van der Waals surface area (Å²) in [4.78, 5) is 16.7. The Bertz CT molecular complexity index is 888. The van der Waals surface area contributed by atoms with E-state index in [1.807, 2.05) is 32.9 Å². The molecule has 0 saturated heterocycles. The lowest BCUT2D eigenvalue weighted by molar-refractivity contribution is -0.112. The average molecular weight is 366 g/mol. The highest BCUT2D eigenvalue weighted by molar-refractivity contribution is 6.10. The molecule has 27 heavy (non-hydrogen) atoms. The molecule has 2 heterocycles. The molecule has 1 amide bonds. The number of ether oxygens (including phenoxy) is 1. The lowest BCUT2D eigenvalue weighted by atomic mass is 10.1. The molecule has 0 aliphatic carbocycles. The van der Waals surface area contributed by atoms with Crippen molar-refractivity contribution in [1.29, 1.82) is 5.26 Å². The van der Waals surface area contributed by atoms with Gasteiger partial charge in [-0.3, -0.25) is 4.79 Å². The maximum absolute atomic E-state index is 12.6. The largest absolute Gasteiger partial charge is 0.476 e. The van der Waals surface area contributed by atoms with Crippen LogP contribution in [0.5, 0.6) is 5.88 Å². The molecule has 0 spiro atoms. The van der Waals surface area contributed by atoms with Crippen LogP contribution in [-0.4, -0.2) is 22.1 Å². The first kappa shape index (κ1) is 20.2. The van der Waals surface area contributed by atoms with Crippen molar-refractivity contribution in [3.8, 4) is 11.9 Å². The van der Waals surface area contributed by atoms with Gasteiger partial charge in [0.15, 0.2) is 0 Å². The summed E-state index contributed by atoms with van der Waals surface area (Å²) in [5.41, 5.74) is 3.49. The molecule has 2 aromatic heterocycles. The van der Waals surface area contributed by atoms with Crippen molar-refractivity contribution >= 4 is 17.7 Å². The molecule has 0 unspecified atom stereocenters. The first-order valence-electron chi connectivity index (χ1n) is 9.05. The summed E-state index contributed by atoms with van der Waals surface area (Å²) in [7, 11) is 0. The zero-order chi connectivity index (χ0) is 20.0. The SMILES string of the molecule is CCOc1ncccc1NC(=O)C(C#N)=Cc1cc(C)n(CC(C)C)c1C. The molecule has 6 heteroatoms. The molecule has 2 rings (SSSR count). The third-order valence-corrected chi connectivity index (χ3v) is 4.13. The number of hydrogen-bond donors (Lipinski definition) is 1. The molecule has 2 aromatic rings. The molecule has 0 aliphatic heterocycles. The van der Waals surface area contributed by atoms with Crippen molar-refractivity contribution < 1.29 is 9.53 Å². The Morgan fingerprint density at radius 1 is 1.44 bits per heavy atom. The van der Waals surface area contributed by atoms with E-state index in [2.05, 4.69) is 28.7 Å². The van der Waals surface area contributed by atoms with Crippen LogP contribution in [0.15, 0.2) is 30.0 Å². The Labute approximate surface area is 160 Å². The van der Waals surface area contributed by atoms with Gasteiger partial charge >= 0.3 is 0 Å². The van der Waals surface area contributed by atoms with Gasteiger partial charge in [0.2, 0.25) is 5.88 Å². The van der Waals surface area contributed by atoms with Crippen LogP contribution in [0.4, 0.5) is 5.69 Å². The molecule has 0 fully saturated rings. The molecule has 1 N–H and O–H groups in total. The van der Waals surface area contributed by atoms with E-state index in [4.69, 9.17) is 4.74 Å². The van der Waals surface area contributed by atoms with Crippen LogP contribution >= 0.6 is 0 Å². The Kier molecular flexibility index (Phi) is 6.78. The van der Waals surface area contributed by atoms with E-state index >= 15 is 0 Å². The summed E-state index contributed by atoms with van der Waals surface area (Å²) in [6, 6.07) is 7.39. The molecule has 0 saturated carbocycles. The fourth-order valence-corrected chi connectivity index (χ4v) is 2.85. The van der Waals surface area contributed by atoms with E-state index in [1.165, 1.54) is 0 Å². The molecule has 0 bridgehead atoms. The predicted octanol–water partition coefficient (Wildman–Crippen LogP) is 4.10. The van der Waals surface area contributed by atoms with Crippen LogP contribution in [-0.2, 0) is 11.3 Å². The van der Waals surface area contributed by atoms with Gasteiger partial charge in [-0.25, -0.2) is 4.98 Å². The summed E-state index contributed by atoms with van der Waals surface area (Å²) in [6.07, 6.45) is 3.22. The zero-order valence-corrected chi connectivity index (χ0v) is 16.5. The maximum atomic E-state index is 12.6. The van der Waals surface area contributed by atoms with Gasteiger partial charge in [0, 0.05) is 24.1 Å². The van der Waals surface area contributed by atoms with Crippen molar-refractivity contribution in [3.63, 3.8) is 0 Å². The van der Waals surface area contributed by atoms with Crippen molar-refractivity contribution in [1.82, 2.24) is 9.55 Å². The molecular formula is C21H26N4O2. The normalized spacial score (nSPS) is 11.4. The number of nitrogens with zero attached hydrogens (tertiary/aromatic N) is 3. The Morgan fingerprint density at radius 3 is 2.81 bits per heavy atom. The third kappa shape index (κ3) is 4.98. The van der Waals surface area contributed by atoms with Crippen LogP contribution < -0.4 is 10.1 Å². The number of carbonyl (C=O) groups excluding carboxylic acids is 1. The summed E-state index contributed by atoms with van der Waals surface area (Å²) in [5.74, 6) is 0.355. The van der Waals surface area contributed by atoms with E-state index in [0.29, 0.717) is 24.1 Å². The summed E-state index contributed by atoms with van der Waals surface area (Å²) in [5, 5.41) is 12.2. The first-order chi connectivity index (χ1) is 12.9. The summed E-state index contributed by atoms with van der Waals surface area (Å²) < 4.78 is 7.62. The standard InChI is InChI=1S/C21H26N4O2/c1-6-27-21-19(8-7-9-23-21)24-20(26)18(12-22)11-17-10-15(4)25(16(17)5)13-14(2)3/h7-11,14H,6,13H2,1-5H3,(H,24,26). The van der Waals surface area contributed by atoms with Gasteiger partial charge in [0.25, 0.3) is 5.91 Å². The highest BCUT2D eigenvalue weighted by atomic mass is 16.5. The molecule has 6 nitrogen and oxygen atoms in total. The van der Waals surface area contributed by atoms with Crippen LogP contribution in [0.25, 0.3) is 6.08 Å². The van der Waals surface area contributed by atoms with Crippen LogP contribution in [0.3, 0.4) is 0 Å². The van der Waals surface area contributed by atoms with E-state index < -0.39 is 5.91 Å². The van der Waals surface area contributed by atoms with E-state index in [-0.39, 0.29) is 5.57 Å². The first-order valence-corrected chi connectivity index (χ1v) is 9.05. The second kappa shape index (κ2) is 9.04. The molecule has 0 aromatic carbocycles. The van der Waals surface area contributed by atoms with E-state index in [1.54, 1.807) is 24.4 Å². The molecule has 0 aliphatic rings. The fraction of sp³-hybridized carbons (Fsp3) is 0.381. The highest BCUT2D eigenvalue weighted by Crippen LogP contribution is 2.23. The van der Waals surface area contributed by atoms with Gasteiger partial charge < -0.3 is 14.6 Å². The van der Waals surface area contributed by atoms with Crippen LogP contribution in [0.1, 0.15) is 37.7 Å². The maximum Gasteiger partial charge on any atom is 0.266 e. The number of amides is 1. The zero-order valence-electron chi connectivity index (χ0n) is 16.5. The van der Waals surface area contributed by atoms with Crippen molar-refractivity contribution in [3.05, 3.63) is 46.9 Å². The summed E-state index contributed by atoms with van der Waals surface area (Å²) in [6.45, 7) is 11.5. The number of nitriles is 1. The minimum atomic E-state index is -0.486. The Morgan fingerprint density at radius 2 is 2.19 bits per heavy atom. The lowest BCUT2D eigenvalue weighted by Gasteiger charge is -2.12.